The smallest absolute Gasteiger partial charge is 0.457 e. The maximum Gasteiger partial charge on any atom is 0.472 e. The van der Waals surface area contributed by atoms with Crippen molar-refractivity contribution in [1.82, 2.24) is 0 Å². The van der Waals surface area contributed by atoms with Gasteiger partial charge in [0.25, 0.3) is 0 Å². The predicted octanol–water partition coefficient (Wildman–Crippen LogP) is 17.8. The van der Waals surface area contributed by atoms with Gasteiger partial charge in [-0.2, -0.15) is 0 Å². The van der Waals surface area contributed by atoms with Gasteiger partial charge in [0.2, 0.25) is 0 Å². The largest absolute Gasteiger partial charge is 0.472 e. The molecule has 0 aromatic heterocycles. The summed E-state index contributed by atoms with van der Waals surface area (Å²) in [6, 6.07) is 0. The van der Waals surface area contributed by atoms with Crippen LogP contribution in [0.25, 0.3) is 0 Å². The number of hydrogen-bond donors (Lipinski definition) is 1. The number of phosphoric ester groups is 1. The van der Waals surface area contributed by atoms with Gasteiger partial charge in [0.05, 0.1) is 34.4 Å². The number of allylic oxidation sites excluding steroid dienone is 8. The van der Waals surface area contributed by atoms with Gasteiger partial charge in [-0.1, -0.05) is 223 Å². The minimum absolute atomic E-state index is 0.0861. The van der Waals surface area contributed by atoms with Crippen molar-refractivity contribution in [3.8, 4) is 0 Å². The Hall–Kier alpha value is -1.54. The summed E-state index contributed by atoms with van der Waals surface area (Å²) in [5.74, 6) is -0.315. The molecule has 0 bridgehead atoms. The number of carbonyl (C=O) groups is 1. The number of unbranched alkanes of at least 4 members (excludes halogenated alkanes) is 31. The molecule has 0 amide bonds. The first-order chi connectivity index (χ1) is 32.6. The van der Waals surface area contributed by atoms with Gasteiger partial charge in [-0.15, -0.1) is 0 Å². The van der Waals surface area contributed by atoms with Gasteiger partial charge in [-0.3, -0.25) is 13.8 Å². The van der Waals surface area contributed by atoms with Crippen LogP contribution < -0.4 is 0 Å². The standard InChI is InChI=1S/C58H110NO7P/c1-6-8-10-12-14-16-18-20-22-24-26-28-29-30-31-32-33-35-37-39-41-43-45-47-49-51-58(60)66-57(56-65-67(61,62)64-54-52-59(3,4)5)55-63-53-50-48-46-44-42-40-38-36-34-27-25-23-21-19-17-15-13-11-9-7-2/h15,17,21,23-24,26-27,34,57H,6-14,16,18-20,22,25,28-33,35-56H2,1-5H3/p+1/b17-15-,23-21-,26-24-,34-27-. The Balaban J connectivity index is 4.08. The Morgan fingerprint density at radius 2 is 0.821 bits per heavy atom. The number of ether oxygens (including phenoxy) is 2. The van der Waals surface area contributed by atoms with Crippen LogP contribution in [0.15, 0.2) is 48.6 Å². The summed E-state index contributed by atoms with van der Waals surface area (Å²) in [5, 5.41) is 0. The highest BCUT2D eigenvalue weighted by atomic mass is 31.2. The van der Waals surface area contributed by atoms with E-state index in [0.717, 1.165) is 51.4 Å². The fourth-order valence-electron chi connectivity index (χ4n) is 7.97. The minimum atomic E-state index is -4.29. The zero-order valence-corrected chi connectivity index (χ0v) is 45.8. The van der Waals surface area contributed by atoms with Crippen LogP contribution in [-0.2, 0) is 27.9 Å². The van der Waals surface area contributed by atoms with E-state index in [9.17, 15) is 14.3 Å². The average molecular weight is 965 g/mol. The summed E-state index contributed by atoms with van der Waals surface area (Å²) < 4.78 is 35.2. The van der Waals surface area contributed by atoms with E-state index in [1.807, 2.05) is 21.1 Å². The first-order valence-corrected chi connectivity index (χ1v) is 29.9. The van der Waals surface area contributed by atoms with Gasteiger partial charge in [-0.05, 0) is 77.0 Å². The third-order valence-corrected chi connectivity index (χ3v) is 13.3. The Kier molecular flexibility index (Phi) is 49.7. The molecule has 0 fully saturated rings. The molecular weight excluding hydrogens is 854 g/mol. The van der Waals surface area contributed by atoms with Gasteiger partial charge in [-0.25, -0.2) is 4.57 Å². The second kappa shape index (κ2) is 50.8. The van der Waals surface area contributed by atoms with Gasteiger partial charge < -0.3 is 18.9 Å². The van der Waals surface area contributed by atoms with E-state index in [-0.39, 0.29) is 25.8 Å². The van der Waals surface area contributed by atoms with Crippen molar-refractivity contribution < 1.29 is 37.3 Å². The van der Waals surface area contributed by atoms with Crippen molar-refractivity contribution in [2.24, 2.45) is 0 Å². The summed E-state index contributed by atoms with van der Waals surface area (Å²) >= 11 is 0. The molecule has 0 rings (SSSR count). The molecule has 0 aliphatic carbocycles. The average Bonchev–Trinajstić information content (AvgIpc) is 3.29. The van der Waals surface area contributed by atoms with Crippen LogP contribution >= 0.6 is 7.82 Å². The summed E-state index contributed by atoms with van der Waals surface area (Å²) in [5.41, 5.74) is 0. The minimum Gasteiger partial charge on any atom is -0.457 e. The number of carbonyl (C=O) groups excluding carboxylic acids is 1. The van der Waals surface area contributed by atoms with E-state index >= 15 is 0 Å². The topological polar surface area (TPSA) is 91.3 Å². The fraction of sp³-hybridized carbons (Fsp3) is 0.845. The first-order valence-electron chi connectivity index (χ1n) is 28.4. The first kappa shape index (κ1) is 65.5. The van der Waals surface area contributed by atoms with Crippen molar-refractivity contribution in [2.75, 3.05) is 54.1 Å². The summed E-state index contributed by atoms with van der Waals surface area (Å²) in [4.78, 5) is 23.1. The maximum atomic E-state index is 12.8. The predicted molar refractivity (Wildman–Crippen MR) is 289 cm³/mol. The quantitative estimate of drug-likeness (QED) is 0.0213. The molecule has 0 spiro atoms. The Morgan fingerprint density at radius 3 is 1.27 bits per heavy atom. The molecule has 0 aliphatic rings. The summed E-state index contributed by atoms with van der Waals surface area (Å²) in [6.45, 7) is 5.61. The molecule has 2 atom stereocenters. The molecule has 0 aromatic carbocycles. The van der Waals surface area contributed by atoms with Gasteiger partial charge in [0.1, 0.15) is 19.3 Å². The molecule has 1 N–H and O–H groups in total. The van der Waals surface area contributed by atoms with Gasteiger partial charge >= 0.3 is 13.8 Å². The second-order valence-electron chi connectivity index (χ2n) is 20.3. The lowest BCUT2D eigenvalue weighted by atomic mass is 10.0. The monoisotopic (exact) mass is 965 g/mol. The van der Waals surface area contributed by atoms with Gasteiger partial charge in [0, 0.05) is 13.0 Å². The van der Waals surface area contributed by atoms with Crippen LogP contribution in [0.5, 0.6) is 0 Å². The Bertz CT molecular complexity index is 1210. The number of rotatable bonds is 53. The van der Waals surface area contributed by atoms with E-state index in [0.29, 0.717) is 24.1 Å². The van der Waals surface area contributed by atoms with Crippen molar-refractivity contribution >= 4 is 13.8 Å². The Labute approximate surface area is 416 Å². The van der Waals surface area contributed by atoms with E-state index in [2.05, 4.69) is 62.5 Å². The third-order valence-electron chi connectivity index (χ3n) is 12.4. The lowest BCUT2D eigenvalue weighted by molar-refractivity contribution is -0.870. The van der Waals surface area contributed by atoms with Crippen LogP contribution in [0.4, 0.5) is 0 Å². The van der Waals surface area contributed by atoms with Crippen LogP contribution in [-0.4, -0.2) is 75.6 Å². The van der Waals surface area contributed by atoms with E-state index in [4.69, 9.17) is 18.5 Å². The molecule has 9 heteroatoms. The lowest BCUT2D eigenvalue weighted by Crippen LogP contribution is -2.37. The van der Waals surface area contributed by atoms with Crippen molar-refractivity contribution in [3.63, 3.8) is 0 Å². The summed E-state index contributed by atoms with van der Waals surface area (Å²) in [7, 11) is 1.67. The molecule has 0 saturated carbocycles. The third kappa shape index (κ3) is 55.3. The highest BCUT2D eigenvalue weighted by Gasteiger charge is 2.26. The van der Waals surface area contributed by atoms with Gasteiger partial charge in [0.15, 0.2) is 0 Å². The molecule has 0 aromatic rings. The van der Waals surface area contributed by atoms with Crippen LogP contribution in [0.3, 0.4) is 0 Å². The van der Waals surface area contributed by atoms with Crippen molar-refractivity contribution in [1.29, 1.82) is 0 Å². The highest BCUT2D eigenvalue weighted by Crippen LogP contribution is 2.43. The van der Waals surface area contributed by atoms with Crippen LogP contribution in [0, 0.1) is 0 Å². The molecule has 8 nitrogen and oxygen atoms in total. The molecule has 2 unspecified atom stereocenters. The van der Waals surface area contributed by atoms with Crippen molar-refractivity contribution in [2.45, 2.75) is 264 Å². The maximum absolute atomic E-state index is 12.8. The SMILES string of the molecule is CCCCC/C=C\C/C=C\C/C=C\CCCCCCCCCOCC(COP(=O)(O)OCC[N+](C)(C)C)OC(=O)CCCCCCCCCCCCCCC/C=C\CCCCCCCCCC. The Morgan fingerprint density at radius 1 is 0.463 bits per heavy atom. The number of hydrogen-bond acceptors (Lipinski definition) is 6. The van der Waals surface area contributed by atoms with Crippen LogP contribution in [0.1, 0.15) is 258 Å². The molecule has 394 valence electrons. The zero-order chi connectivity index (χ0) is 49.0. The van der Waals surface area contributed by atoms with E-state index < -0.39 is 13.9 Å². The molecule has 0 aliphatic heterocycles. The fourth-order valence-corrected chi connectivity index (χ4v) is 8.71. The van der Waals surface area contributed by atoms with Crippen molar-refractivity contribution in [3.05, 3.63) is 48.6 Å². The normalized spacial score (nSPS) is 13.8. The molecule has 67 heavy (non-hydrogen) atoms. The highest BCUT2D eigenvalue weighted by molar-refractivity contribution is 7.47. The number of phosphoric acid groups is 1. The summed E-state index contributed by atoms with van der Waals surface area (Å²) in [6.07, 6.45) is 64.5. The lowest BCUT2D eigenvalue weighted by Gasteiger charge is -2.24. The number of esters is 1. The molecule has 0 radical (unpaired) electrons. The molecule has 0 heterocycles. The van der Waals surface area contributed by atoms with E-state index in [1.165, 1.54) is 186 Å². The number of nitrogens with zero attached hydrogens (tertiary/aromatic N) is 1. The zero-order valence-electron chi connectivity index (χ0n) is 44.9. The van der Waals surface area contributed by atoms with E-state index in [1.54, 1.807) is 0 Å². The molecule has 0 saturated heterocycles. The molecular formula is C58H111NO7P+. The second-order valence-corrected chi connectivity index (χ2v) is 21.8. The number of likely N-dealkylation sites (N-methyl/N-ethyl adjacent to an activating group) is 1. The van der Waals surface area contributed by atoms with Crippen LogP contribution in [0.2, 0.25) is 0 Å². The number of quaternary nitrogens is 1.